The van der Waals surface area contributed by atoms with Gasteiger partial charge in [0.2, 0.25) is 0 Å². The van der Waals surface area contributed by atoms with E-state index in [-0.39, 0.29) is 0 Å². The zero-order valence-electron chi connectivity index (χ0n) is 11.1. The molecular formula is C16H22O. The summed E-state index contributed by atoms with van der Waals surface area (Å²) in [6.45, 7) is 7.80. The monoisotopic (exact) mass is 230 g/mol. The van der Waals surface area contributed by atoms with Gasteiger partial charge < -0.3 is 4.74 Å². The Labute approximate surface area is 105 Å². The number of ether oxygens (including phenoxy) is 1. The zero-order valence-corrected chi connectivity index (χ0v) is 11.1. The van der Waals surface area contributed by atoms with Crippen molar-refractivity contribution in [2.45, 2.75) is 33.8 Å². The molecule has 0 saturated heterocycles. The van der Waals surface area contributed by atoms with Gasteiger partial charge in [-0.15, -0.1) is 5.73 Å². The lowest BCUT2D eigenvalue weighted by Crippen LogP contribution is -1.95. The first-order valence-electron chi connectivity index (χ1n) is 6.21. The van der Waals surface area contributed by atoms with Gasteiger partial charge in [-0.2, -0.15) is 0 Å². The molecule has 0 aliphatic carbocycles. The van der Waals surface area contributed by atoms with Crippen LogP contribution >= 0.6 is 0 Å². The lowest BCUT2D eigenvalue weighted by molar-refractivity contribution is 0.142. The van der Waals surface area contributed by atoms with E-state index in [4.69, 9.17) is 4.74 Å². The number of rotatable bonds is 6. The molecule has 0 N–H and O–H groups in total. The molecule has 0 atom stereocenters. The van der Waals surface area contributed by atoms with Crippen molar-refractivity contribution in [3.63, 3.8) is 0 Å². The molecule has 1 nitrogen and oxygen atoms in total. The minimum atomic E-state index is 0.656. The van der Waals surface area contributed by atoms with Crippen molar-refractivity contribution >= 4 is 0 Å². The molecule has 0 heterocycles. The molecule has 1 aromatic carbocycles. The third-order valence-electron chi connectivity index (χ3n) is 2.37. The quantitative estimate of drug-likeness (QED) is 0.660. The van der Waals surface area contributed by atoms with Crippen molar-refractivity contribution in [2.75, 3.05) is 6.61 Å². The van der Waals surface area contributed by atoms with E-state index < -0.39 is 0 Å². The van der Waals surface area contributed by atoms with Crippen molar-refractivity contribution in [3.05, 3.63) is 53.3 Å². The molecule has 1 rings (SSSR count). The number of hydrogen-bond acceptors (Lipinski definition) is 1. The Kier molecular flexibility index (Phi) is 6.39. The third kappa shape index (κ3) is 6.78. The third-order valence-corrected chi connectivity index (χ3v) is 2.37. The van der Waals surface area contributed by atoms with Crippen LogP contribution in [-0.4, -0.2) is 6.61 Å². The first kappa shape index (κ1) is 13.8. The Balaban J connectivity index is 2.29. The van der Waals surface area contributed by atoms with Crippen LogP contribution in [0.2, 0.25) is 0 Å². The topological polar surface area (TPSA) is 9.23 Å². The van der Waals surface area contributed by atoms with Crippen LogP contribution in [-0.2, 0) is 11.3 Å². The summed E-state index contributed by atoms with van der Waals surface area (Å²) in [6.07, 6.45) is 3.18. The van der Waals surface area contributed by atoms with Gasteiger partial charge in [0.1, 0.15) is 0 Å². The van der Waals surface area contributed by atoms with Crippen LogP contribution in [0.5, 0.6) is 0 Å². The van der Waals surface area contributed by atoms with Gasteiger partial charge in [-0.25, -0.2) is 0 Å². The van der Waals surface area contributed by atoms with Crippen LogP contribution in [0.4, 0.5) is 0 Å². The highest BCUT2D eigenvalue weighted by Gasteiger charge is 1.92. The highest BCUT2D eigenvalue weighted by molar-refractivity contribution is 5.13. The predicted molar refractivity (Wildman–Crippen MR) is 72.8 cm³/mol. The molecule has 0 spiro atoms. The molecule has 0 radical (unpaired) electrons. The highest BCUT2D eigenvalue weighted by Crippen LogP contribution is 2.03. The predicted octanol–water partition coefficient (Wildman–Crippen LogP) is 4.35. The first-order chi connectivity index (χ1) is 8.18. The Morgan fingerprint density at radius 2 is 2.00 bits per heavy atom. The number of benzene rings is 1. The van der Waals surface area contributed by atoms with Gasteiger partial charge in [-0.1, -0.05) is 44.2 Å². The second-order valence-corrected chi connectivity index (χ2v) is 4.74. The Morgan fingerprint density at radius 1 is 1.29 bits per heavy atom. The molecular weight excluding hydrogens is 208 g/mol. The Morgan fingerprint density at radius 3 is 2.65 bits per heavy atom. The molecule has 0 aliphatic heterocycles. The fourth-order valence-corrected chi connectivity index (χ4v) is 1.41. The van der Waals surface area contributed by atoms with Crippen molar-refractivity contribution in [1.82, 2.24) is 0 Å². The van der Waals surface area contributed by atoms with Gasteiger partial charge >= 0.3 is 0 Å². The smallest absolute Gasteiger partial charge is 0.0752 e. The lowest BCUT2D eigenvalue weighted by Gasteiger charge is -2.03. The molecule has 1 heteroatoms. The summed E-state index contributed by atoms with van der Waals surface area (Å²) >= 11 is 0. The largest absolute Gasteiger partial charge is 0.372 e. The minimum Gasteiger partial charge on any atom is -0.372 e. The van der Waals surface area contributed by atoms with E-state index in [1.165, 1.54) is 5.56 Å². The maximum atomic E-state index is 5.62. The summed E-state index contributed by atoms with van der Waals surface area (Å²) < 4.78 is 5.62. The average molecular weight is 230 g/mol. The summed E-state index contributed by atoms with van der Waals surface area (Å²) in [5.74, 6) is 0.695. The molecule has 0 amide bonds. The molecule has 0 unspecified atom stereocenters. The second kappa shape index (κ2) is 7.89. The van der Waals surface area contributed by atoms with Gasteiger partial charge in [0.05, 0.1) is 13.2 Å². The fourth-order valence-electron chi connectivity index (χ4n) is 1.41. The Hall–Kier alpha value is -1.30. The average Bonchev–Trinajstić information content (AvgIpc) is 2.30. The summed E-state index contributed by atoms with van der Waals surface area (Å²) in [5, 5.41) is 0. The zero-order chi connectivity index (χ0) is 12.5. The van der Waals surface area contributed by atoms with E-state index in [0.29, 0.717) is 19.1 Å². The Bertz CT molecular complexity index is 370. The van der Waals surface area contributed by atoms with Crippen molar-refractivity contribution in [1.29, 1.82) is 0 Å². The maximum absolute atomic E-state index is 5.62. The molecule has 0 aromatic heterocycles. The van der Waals surface area contributed by atoms with Gasteiger partial charge in [-0.3, -0.25) is 0 Å². The van der Waals surface area contributed by atoms with E-state index in [9.17, 15) is 0 Å². The van der Waals surface area contributed by atoms with Crippen LogP contribution in [0, 0.1) is 5.92 Å². The van der Waals surface area contributed by atoms with E-state index in [1.54, 1.807) is 0 Å². The summed E-state index contributed by atoms with van der Waals surface area (Å²) in [6, 6.07) is 10.2. The molecule has 17 heavy (non-hydrogen) atoms. The summed E-state index contributed by atoms with van der Waals surface area (Å²) in [4.78, 5) is 0. The normalized spacial score (nSPS) is 10.1. The van der Waals surface area contributed by atoms with Gasteiger partial charge in [0.25, 0.3) is 0 Å². The van der Waals surface area contributed by atoms with Crippen LogP contribution in [0.15, 0.2) is 47.7 Å². The van der Waals surface area contributed by atoms with Crippen LogP contribution in [0.1, 0.15) is 32.8 Å². The maximum Gasteiger partial charge on any atom is 0.0752 e. The molecule has 1 aromatic rings. The number of hydrogen-bond donors (Lipinski definition) is 0. The van der Waals surface area contributed by atoms with Crippen LogP contribution in [0.3, 0.4) is 0 Å². The summed E-state index contributed by atoms with van der Waals surface area (Å²) in [7, 11) is 0. The van der Waals surface area contributed by atoms with Crippen molar-refractivity contribution in [2.24, 2.45) is 5.92 Å². The van der Waals surface area contributed by atoms with Gasteiger partial charge in [0, 0.05) is 0 Å². The SMILES string of the molecule is CC(=C=CCC(C)C)COCc1ccccc1. The van der Waals surface area contributed by atoms with E-state index in [2.05, 4.69) is 44.7 Å². The van der Waals surface area contributed by atoms with Crippen molar-refractivity contribution in [3.8, 4) is 0 Å². The standard InChI is InChI=1S/C16H22O/c1-14(2)8-7-9-15(3)12-17-13-16-10-5-4-6-11-16/h4-7,10-11,14H,8,12-13H2,1-3H3. The molecule has 0 fully saturated rings. The fraction of sp³-hybridized carbons (Fsp3) is 0.438. The van der Waals surface area contributed by atoms with Crippen molar-refractivity contribution < 1.29 is 4.74 Å². The minimum absolute atomic E-state index is 0.656. The second-order valence-electron chi connectivity index (χ2n) is 4.74. The molecule has 92 valence electrons. The van der Waals surface area contributed by atoms with Gasteiger partial charge in [0.15, 0.2) is 0 Å². The van der Waals surface area contributed by atoms with E-state index in [1.807, 2.05) is 18.2 Å². The molecule has 0 aliphatic rings. The van der Waals surface area contributed by atoms with Gasteiger partial charge in [-0.05, 0) is 36.5 Å². The first-order valence-corrected chi connectivity index (χ1v) is 6.21. The van der Waals surface area contributed by atoms with Crippen LogP contribution in [0.25, 0.3) is 0 Å². The summed E-state index contributed by atoms with van der Waals surface area (Å²) in [5.41, 5.74) is 5.64. The molecule has 0 saturated carbocycles. The highest BCUT2D eigenvalue weighted by atomic mass is 16.5. The lowest BCUT2D eigenvalue weighted by atomic mass is 10.1. The van der Waals surface area contributed by atoms with E-state index >= 15 is 0 Å². The van der Waals surface area contributed by atoms with E-state index in [0.717, 1.165) is 12.0 Å². The van der Waals surface area contributed by atoms with Crippen LogP contribution < -0.4 is 0 Å². The molecule has 0 bridgehead atoms.